The number of benzene rings is 1. The fourth-order valence-corrected chi connectivity index (χ4v) is 2.06. The maximum atomic E-state index is 13.3. The highest BCUT2D eigenvalue weighted by molar-refractivity contribution is 5.78. The number of alkyl halides is 3. The number of halogens is 5. The first-order chi connectivity index (χ1) is 10.1. The normalized spacial score (nSPS) is 22.0. The third kappa shape index (κ3) is 3.29. The van der Waals surface area contributed by atoms with Gasteiger partial charge in [0.1, 0.15) is 5.82 Å². The smallest absolute Gasteiger partial charge is 0.419 e. The van der Waals surface area contributed by atoms with E-state index in [0.29, 0.717) is 6.07 Å². The number of ether oxygens (including phenoxy) is 1. The molecule has 122 valence electrons. The Balaban J connectivity index is 1.94. The fourth-order valence-electron chi connectivity index (χ4n) is 2.06. The molecule has 1 heterocycles. The summed E-state index contributed by atoms with van der Waals surface area (Å²) in [6.45, 7) is -1.90. The first-order valence-corrected chi connectivity index (χ1v) is 6.27. The number of amides is 1. The van der Waals surface area contributed by atoms with Crippen molar-refractivity contribution in [3.05, 3.63) is 29.8 Å². The second-order valence-corrected chi connectivity index (χ2v) is 4.96. The summed E-state index contributed by atoms with van der Waals surface area (Å²) in [5.74, 6) is -3.07. The van der Waals surface area contributed by atoms with Crippen LogP contribution in [0.1, 0.15) is 6.42 Å². The van der Waals surface area contributed by atoms with Gasteiger partial charge < -0.3 is 14.7 Å². The van der Waals surface area contributed by atoms with Crippen molar-refractivity contribution < 1.29 is 36.6 Å². The Bertz CT molecular complexity index is 577. The Morgan fingerprint density at radius 1 is 1.36 bits per heavy atom. The number of carbonyl (C=O) groups excluding carboxylic acids is 1. The minimum Gasteiger partial charge on any atom is -0.481 e. The summed E-state index contributed by atoms with van der Waals surface area (Å²) >= 11 is 0. The Hall–Kier alpha value is -1.90. The fraction of sp³-hybridized carbons (Fsp3) is 0.462. The molecule has 4 nitrogen and oxygen atoms in total. The standard InChI is InChI=1S/C13H12F5NO3/c14-8-1-2-10(9(15)5-8)22-6-11(20)19-4-3-12(21,7-19)13(16,17)18/h1-2,5,21H,3-4,6-7H2. The average molecular weight is 325 g/mol. The van der Waals surface area contributed by atoms with Crippen molar-refractivity contribution in [2.75, 3.05) is 19.7 Å². The second kappa shape index (κ2) is 5.71. The zero-order valence-electron chi connectivity index (χ0n) is 11.2. The van der Waals surface area contributed by atoms with E-state index in [1.165, 1.54) is 0 Å². The van der Waals surface area contributed by atoms with Gasteiger partial charge in [-0.1, -0.05) is 0 Å². The summed E-state index contributed by atoms with van der Waals surface area (Å²) < 4.78 is 68.6. The van der Waals surface area contributed by atoms with E-state index in [9.17, 15) is 31.9 Å². The largest absolute Gasteiger partial charge is 0.481 e. The van der Waals surface area contributed by atoms with Gasteiger partial charge in [0, 0.05) is 19.0 Å². The predicted molar refractivity (Wildman–Crippen MR) is 64.1 cm³/mol. The lowest BCUT2D eigenvalue weighted by atomic mass is 10.0. The monoisotopic (exact) mass is 325 g/mol. The number of hydrogen-bond acceptors (Lipinski definition) is 3. The highest BCUT2D eigenvalue weighted by Gasteiger charge is 2.57. The Labute approximate surface area is 122 Å². The van der Waals surface area contributed by atoms with E-state index in [0.717, 1.165) is 17.0 Å². The van der Waals surface area contributed by atoms with Crippen molar-refractivity contribution in [1.82, 2.24) is 4.90 Å². The Kier molecular flexibility index (Phi) is 4.28. The van der Waals surface area contributed by atoms with Crippen LogP contribution in [0.5, 0.6) is 5.75 Å². The average Bonchev–Trinajstić information content (AvgIpc) is 2.81. The van der Waals surface area contributed by atoms with Crippen LogP contribution in [0.3, 0.4) is 0 Å². The maximum Gasteiger partial charge on any atom is 0.419 e. The van der Waals surface area contributed by atoms with Crippen molar-refractivity contribution in [1.29, 1.82) is 0 Å². The zero-order chi connectivity index (χ0) is 16.5. The molecule has 1 aliphatic heterocycles. The van der Waals surface area contributed by atoms with Crippen LogP contribution in [0.2, 0.25) is 0 Å². The third-order valence-corrected chi connectivity index (χ3v) is 3.37. The molecule has 0 spiro atoms. The van der Waals surface area contributed by atoms with Gasteiger partial charge in [-0.15, -0.1) is 0 Å². The van der Waals surface area contributed by atoms with E-state index in [4.69, 9.17) is 4.74 Å². The highest BCUT2D eigenvalue weighted by Crippen LogP contribution is 2.37. The molecule has 0 bridgehead atoms. The molecule has 9 heteroatoms. The molecule has 1 unspecified atom stereocenters. The van der Waals surface area contributed by atoms with Gasteiger partial charge in [-0.3, -0.25) is 4.79 Å². The third-order valence-electron chi connectivity index (χ3n) is 3.37. The Morgan fingerprint density at radius 3 is 2.59 bits per heavy atom. The van der Waals surface area contributed by atoms with Crippen LogP contribution in [0.25, 0.3) is 0 Å². The quantitative estimate of drug-likeness (QED) is 0.863. The van der Waals surface area contributed by atoms with Crippen LogP contribution < -0.4 is 4.74 Å². The van der Waals surface area contributed by atoms with E-state index in [1.807, 2.05) is 0 Å². The molecule has 1 amide bonds. The van der Waals surface area contributed by atoms with Gasteiger partial charge in [0.05, 0.1) is 6.54 Å². The molecule has 1 atom stereocenters. The molecule has 0 aromatic heterocycles. The zero-order valence-corrected chi connectivity index (χ0v) is 11.2. The summed E-state index contributed by atoms with van der Waals surface area (Å²) in [5, 5.41) is 9.45. The number of hydrogen-bond donors (Lipinski definition) is 1. The van der Waals surface area contributed by atoms with Crippen molar-refractivity contribution in [2.45, 2.75) is 18.2 Å². The van der Waals surface area contributed by atoms with Crippen molar-refractivity contribution in [2.24, 2.45) is 0 Å². The van der Waals surface area contributed by atoms with Crippen molar-refractivity contribution in [3.8, 4) is 5.75 Å². The maximum absolute atomic E-state index is 13.3. The van der Waals surface area contributed by atoms with Gasteiger partial charge in [0.15, 0.2) is 23.8 Å². The topological polar surface area (TPSA) is 49.8 Å². The van der Waals surface area contributed by atoms with Gasteiger partial charge in [-0.05, 0) is 12.1 Å². The number of carbonyl (C=O) groups is 1. The molecule has 1 N–H and O–H groups in total. The van der Waals surface area contributed by atoms with Crippen LogP contribution in [0.4, 0.5) is 22.0 Å². The van der Waals surface area contributed by atoms with Crippen molar-refractivity contribution in [3.63, 3.8) is 0 Å². The molecule has 1 aromatic carbocycles. The van der Waals surface area contributed by atoms with Crippen LogP contribution in [-0.4, -0.2) is 47.4 Å². The first-order valence-electron chi connectivity index (χ1n) is 6.27. The molecule has 2 rings (SSSR count). The molecule has 22 heavy (non-hydrogen) atoms. The Morgan fingerprint density at radius 2 is 2.05 bits per heavy atom. The highest BCUT2D eigenvalue weighted by atomic mass is 19.4. The van der Waals surface area contributed by atoms with E-state index in [2.05, 4.69) is 0 Å². The summed E-state index contributed by atoms with van der Waals surface area (Å²) in [4.78, 5) is 12.5. The molecule has 0 radical (unpaired) electrons. The van der Waals surface area contributed by atoms with E-state index in [-0.39, 0.29) is 12.3 Å². The van der Waals surface area contributed by atoms with Crippen LogP contribution in [0.15, 0.2) is 18.2 Å². The van der Waals surface area contributed by atoms with Crippen molar-refractivity contribution >= 4 is 5.91 Å². The van der Waals surface area contributed by atoms with E-state index < -0.39 is 48.9 Å². The molecular weight excluding hydrogens is 313 g/mol. The lowest BCUT2D eigenvalue weighted by Crippen LogP contribution is -2.48. The van der Waals surface area contributed by atoms with Gasteiger partial charge in [-0.2, -0.15) is 13.2 Å². The summed E-state index contributed by atoms with van der Waals surface area (Å²) in [5.41, 5.74) is -2.94. The van der Waals surface area contributed by atoms with Gasteiger partial charge in [0.2, 0.25) is 0 Å². The van der Waals surface area contributed by atoms with Gasteiger partial charge in [-0.25, -0.2) is 8.78 Å². The summed E-state index contributed by atoms with van der Waals surface area (Å²) in [6, 6.07) is 2.44. The predicted octanol–water partition coefficient (Wildman–Crippen LogP) is 1.87. The molecule has 1 fully saturated rings. The molecule has 1 aromatic rings. The lowest BCUT2D eigenvalue weighted by Gasteiger charge is -2.25. The van der Waals surface area contributed by atoms with Crippen LogP contribution in [-0.2, 0) is 4.79 Å². The minimum absolute atomic E-state index is 0.288. The molecule has 1 saturated heterocycles. The number of aliphatic hydroxyl groups is 1. The number of rotatable bonds is 3. The van der Waals surface area contributed by atoms with Gasteiger partial charge in [0.25, 0.3) is 5.91 Å². The summed E-state index contributed by atoms with van der Waals surface area (Å²) in [7, 11) is 0. The SMILES string of the molecule is O=C(COc1ccc(F)cc1F)N1CCC(O)(C(F)(F)F)C1. The first kappa shape index (κ1) is 16.5. The number of β-amino-alcohol motifs (C(OH)–C–C–N with tert-alkyl or cyclic N) is 1. The van der Waals surface area contributed by atoms with Gasteiger partial charge >= 0.3 is 6.18 Å². The van der Waals surface area contributed by atoms with E-state index >= 15 is 0 Å². The number of nitrogens with zero attached hydrogens (tertiary/aromatic N) is 1. The molecular formula is C13H12F5NO3. The van der Waals surface area contributed by atoms with E-state index in [1.54, 1.807) is 0 Å². The molecule has 0 saturated carbocycles. The summed E-state index contributed by atoms with van der Waals surface area (Å²) in [6.07, 6.45) is -5.47. The lowest BCUT2D eigenvalue weighted by molar-refractivity contribution is -0.253. The molecule has 0 aliphatic carbocycles. The van der Waals surface area contributed by atoms with Crippen LogP contribution in [0, 0.1) is 11.6 Å². The van der Waals surface area contributed by atoms with Crippen LogP contribution >= 0.6 is 0 Å². The molecule has 1 aliphatic rings. The minimum atomic E-state index is -4.84. The number of likely N-dealkylation sites (tertiary alicyclic amines) is 1. The second-order valence-electron chi connectivity index (χ2n) is 4.96.